The summed E-state index contributed by atoms with van der Waals surface area (Å²) in [6.45, 7) is 6.11. The van der Waals surface area contributed by atoms with Gasteiger partial charge >= 0.3 is 0 Å². The number of hydrogen-bond acceptors (Lipinski definition) is 3. The zero-order valence-corrected chi connectivity index (χ0v) is 9.08. The summed E-state index contributed by atoms with van der Waals surface area (Å²) in [6, 6.07) is 0. The van der Waals surface area contributed by atoms with Gasteiger partial charge in [-0.3, -0.25) is 0 Å². The van der Waals surface area contributed by atoms with Crippen molar-refractivity contribution in [3.05, 3.63) is 0 Å². The number of hydrogen-bond donors (Lipinski definition) is 1. The maximum atomic E-state index is 9.28. The van der Waals surface area contributed by atoms with Gasteiger partial charge < -0.3 is 14.6 Å². The summed E-state index contributed by atoms with van der Waals surface area (Å²) in [6.07, 6.45) is 2.84. The first-order valence-corrected chi connectivity index (χ1v) is 5.47. The van der Waals surface area contributed by atoms with Crippen LogP contribution in [0.1, 0.15) is 33.1 Å². The van der Waals surface area contributed by atoms with Crippen LogP contribution < -0.4 is 0 Å². The van der Waals surface area contributed by atoms with Gasteiger partial charge in [0.1, 0.15) is 0 Å². The van der Waals surface area contributed by atoms with Gasteiger partial charge in [-0.25, -0.2) is 0 Å². The monoisotopic (exact) mass is 200 g/mol. The van der Waals surface area contributed by atoms with Gasteiger partial charge in [-0.2, -0.15) is 0 Å². The predicted molar refractivity (Wildman–Crippen MR) is 52.8 cm³/mol. The van der Waals surface area contributed by atoms with E-state index >= 15 is 0 Å². The van der Waals surface area contributed by atoms with Gasteiger partial charge in [0.2, 0.25) is 0 Å². The molecule has 1 N–H and O–H groups in total. The van der Waals surface area contributed by atoms with Crippen molar-refractivity contribution in [1.82, 2.24) is 0 Å². The quantitative estimate of drug-likeness (QED) is 0.698. The van der Waals surface area contributed by atoms with E-state index in [2.05, 4.69) is 13.8 Å². The summed E-state index contributed by atoms with van der Waals surface area (Å²) in [5.74, 6) is 0.0655. The average Bonchev–Trinajstić information content (AvgIpc) is 2.52. The smallest absolute Gasteiger partial charge is 0.169 e. The minimum absolute atomic E-state index is 0.122. The van der Waals surface area contributed by atoms with Crippen molar-refractivity contribution in [2.45, 2.75) is 38.9 Å². The van der Waals surface area contributed by atoms with Crippen LogP contribution in [0.5, 0.6) is 0 Å². The van der Waals surface area contributed by atoms with Crippen LogP contribution in [0.25, 0.3) is 0 Å². The Balaban J connectivity index is 2.08. The first-order valence-electron chi connectivity index (χ1n) is 5.47. The molecule has 1 saturated heterocycles. The van der Waals surface area contributed by atoms with Crippen LogP contribution in [0, 0.1) is 11.3 Å². The summed E-state index contributed by atoms with van der Waals surface area (Å²) >= 11 is 0. The van der Waals surface area contributed by atoms with E-state index in [1.165, 1.54) is 0 Å². The fourth-order valence-electron chi connectivity index (χ4n) is 2.79. The topological polar surface area (TPSA) is 38.7 Å². The molecule has 1 spiro atoms. The Kier molecular flexibility index (Phi) is 2.58. The first kappa shape index (κ1) is 10.4. The molecule has 2 fully saturated rings. The van der Waals surface area contributed by atoms with Crippen LogP contribution in [0.3, 0.4) is 0 Å². The van der Waals surface area contributed by atoms with E-state index in [0.29, 0.717) is 5.92 Å². The number of aliphatic hydroxyl groups excluding tert-OH is 1. The highest BCUT2D eigenvalue weighted by Gasteiger charge is 2.48. The van der Waals surface area contributed by atoms with E-state index in [1.807, 2.05) is 0 Å². The Hall–Kier alpha value is -0.120. The molecule has 1 aliphatic carbocycles. The zero-order valence-electron chi connectivity index (χ0n) is 9.08. The second kappa shape index (κ2) is 3.47. The SMILES string of the molecule is CC1(C)CC2(CCC1CO)OCCO2. The first-order chi connectivity index (χ1) is 6.58. The third kappa shape index (κ3) is 1.69. The fraction of sp³-hybridized carbons (Fsp3) is 1.00. The lowest BCUT2D eigenvalue weighted by Gasteiger charge is -2.45. The van der Waals surface area contributed by atoms with Gasteiger partial charge in [0, 0.05) is 19.4 Å². The van der Waals surface area contributed by atoms with Gasteiger partial charge in [0.05, 0.1) is 13.2 Å². The highest BCUT2D eigenvalue weighted by Crippen LogP contribution is 2.48. The van der Waals surface area contributed by atoms with Crippen LogP contribution in [-0.4, -0.2) is 30.7 Å². The van der Waals surface area contributed by atoms with E-state index in [4.69, 9.17) is 9.47 Å². The molecule has 3 nitrogen and oxygen atoms in total. The van der Waals surface area contributed by atoms with E-state index in [0.717, 1.165) is 32.5 Å². The summed E-state index contributed by atoms with van der Waals surface area (Å²) in [4.78, 5) is 0. The van der Waals surface area contributed by atoms with Crippen molar-refractivity contribution in [2.24, 2.45) is 11.3 Å². The molecule has 0 amide bonds. The van der Waals surface area contributed by atoms with Crippen molar-refractivity contribution in [3.8, 4) is 0 Å². The van der Waals surface area contributed by atoms with E-state index < -0.39 is 0 Å². The standard InChI is InChI=1S/C11H20O3/c1-10(2)8-11(13-5-6-14-11)4-3-9(10)7-12/h9,12H,3-8H2,1-2H3. The Morgan fingerprint density at radius 2 is 1.93 bits per heavy atom. The predicted octanol–water partition coefficient (Wildman–Crippen LogP) is 1.55. The van der Waals surface area contributed by atoms with E-state index in [1.54, 1.807) is 0 Å². The van der Waals surface area contributed by atoms with Crippen molar-refractivity contribution in [2.75, 3.05) is 19.8 Å². The van der Waals surface area contributed by atoms with Gasteiger partial charge in [-0.1, -0.05) is 13.8 Å². The third-order valence-electron chi connectivity index (χ3n) is 3.74. The molecule has 2 aliphatic rings. The summed E-state index contributed by atoms with van der Waals surface area (Å²) < 4.78 is 11.4. The van der Waals surface area contributed by atoms with Gasteiger partial charge in [0.15, 0.2) is 5.79 Å². The zero-order chi connectivity index (χ0) is 10.2. The Bertz CT molecular complexity index is 207. The largest absolute Gasteiger partial charge is 0.396 e. The minimum Gasteiger partial charge on any atom is -0.396 e. The van der Waals surface area contributed by atoms with Crippen molar-refractivity contribution >= 4 is 0 Å². The highest BCUT2D eigenvalue weighted by molar-refractivity contribution is 4.92. The molecular weight excluding hydrogens is 180 g/mol. The van der Waals surface area contributed by atoms with E-state index in [9.17, 15) is 5.11 Å². The molecule has 14 heavy (non-hydrogen) atoms. The van der Waals surface area contributed by atoms with Crippen LogP contribution >= 0.6 is 0 Å². The summed E-state index contributed by atoms with van der Waals surface area (Å²) in [5.41, 5.74) is 0.122. The van der Waals surface area contributed by atoms with Crippen molar-refractivity contribution in [1.29, 1.82) is 0 Å². The fourth-order valence-corrected chi connectivity index (χ4v) is 2.79. The maximum Gasteiger partial charge on any atom is 0.169 e. The minimum atomic E-state index is -0.324. The lowest BCUT2D eigenvalue weighted by atomic mass is 9.67. The van der Waals surface area contributed by atoms with Crippen molar-refractivity contribution < 1.29 is 14.6 Å². The van der Waals surface area contributed by atoms with Crippen LogP contribution in [0.4, 0.5) is 0 Å². The molecule has 1 atom stereocenters. The molecular formula is C11H20O3. The second-order valence-corrected chi connectivity index (χ2v) is 5.19. The normalized spacial score (nSPS) is 34.9. The lowest BCUT2D eigenvalue weighted by molar-refractivity contribution is -0.211. The van der Waals surface area contributed by atoms with Crippen molar-refractivity contribution in [3.63, 3.8) is 0 Å². The molecule has 0 bridgehead atoms. The third-order valence-corrected chi connectivity index (χ3v) is 3.74. The molecule has 1 saturated carbocycles. The molecule has 1 heterocycles. The van der Waals surface area contributed by atoms with Crippen LogP contribution in [0.2, 0.25) is 0 Å². The Morgan fingerprint density at radius 1 is 1.29 bits per heavy atom. The highest BCUT2D eigenvalue weighted by atomic mass is 16.7. The Morgan fingerprint density at radius 3 is 2.43 bits per heavy atom. The van der Waals surface area contributed by atoms with E-state index in [-0.39, 0.29) is 17.8 Å². The summed E-state index contributed by atoms with van der Waals surface area (Å²) in [5, 5.41) is 9.28. The van der Waals surface area contributed by atoms with Gasteiger partial charge in [-0.05, 0) is 17.8 Å². The maximum absolute atomic E-state index is 9.28. The molecule has 2 rings (SSSR count). The van der Waals surface area contributed by atoms with Crippen LogP contribution in [-0.2, 0) is 9.47 Å². The number of rotatable bonds is 1. The molecule has 0 aromatic rings. The average molecular weight is 200 g/mol. The molecule has 82 valence electrons. The number of ether oxygens (including phenoxy) is 2. The molecule has 0 radical (unpaired) electrons. The summed E-state index contributed by atoms with van der Waals surface area (Å²) in [7, 11) is 0. The molecule has 3 heteroatoms. The van der Waals surface area contributed by atoms with Gasteiger partial charge in [0.25, 0.3) is 0 Å². The molecule has 1 aliphatic heterocycles. The molecule has 0 aromatic carbocycles. The molecule has 0 aromatic heterocycles. The number of aliphatic hydroxyl groups is 1. The second-order valence-electron chi connectivity index (χ2n) is 5.19. The Labute approximate surface area is 85.4 Å². The lowest BCUT2D eigenvalue weighted by Crippen LogP contribution is -2.45. The molecule has 1 unspecified atom stereocenters. The van der Waals surface area contributed by atoms with Crippen LogP contribution in [0.15, 0.2) is 0 Å². The van der Waals surface area contributed by atoms with Gasteiger partial charge in [-0.15, -0.1) is 0 Å².